The fraction of sp³-hybridized carbons (Fsp3) is 0. The Bertz CT molecular complexity index is 0. The Morgan fingerprint density at radius 3 is 1.00 bits per heavy atom. The second-order valence-corrected chi connectivity index (χ2v) is 0. The number of rotatable bonds is 0. The van der Waals surface area contributed by atoms with Crippen molar-refractivity contribution in [2.45, 2.75) is 0 Å². The van der Waals surface area contributed by atoms with Crippen LogP contribution in [0.25, 0.3) is 0 Å². The van der Waals surface area contributed by atoms with Crippen LogP contribution in [0.4, 0.5) is 0 Å². The maximum atomic E-state index is 2.44. The average Bonchev–Trinajstić information content (AvgIpc) is 1.00. The van der Waals surface area contributed by atoms with E-state index < -0.39 is 0 Å². The van der Waals surface area contributed by atoms with Crippen LogP contribution >= 0.6 is 0 Å². The van der Waals surface area contributed by atoms with Gasteiger partial charge in [-0.25, -0.2) is 0 Å². The Labute approximate surface area is 78.7 Å². The van der Waals surface area contributed by atoms with Crippen molar-refractivity contribution in [3.8, 4) is 0 Å². The zero-order valence-corrected chi connectivity index (χ0v) is 11.1. The maximum absolute atomic E-state index is 2.44. The van der Waals surface area contributed by atoms with Crippen LogP contribution in [0, 0.1) is 0 Å². The molecule has 0 saturated carbocycles. The van der Waals surface area contributed by atoms with Gasteiger partial charge in [0.2, 0.25) is 0 Å². The van der Waals surface area contributed by atoms with Gasteiger partial charge < -0.3 is 0 Å². The van der Waals surface area contributed by atoms with Crippen molar-refractivity contribution < 1.29 is 0 Å². The van der Waals surface area contributed by atoms with Crippen molar-refractivity contribution in [3.05, 3.63) is 0 Å². The van der Waals surface area contributed by atoms with E-state index in [2.05, 4.69) is 13.8 Å². The first-order chi connectivity index (χ1) is 1.00. The molecule has 0 N–H and O–H groups in total. The minimum atomic E-state index is 0. The van der Waals surface area contributed by atoms with E-state index in [1.165, 1.54) is 0 Å². The van der Waals surface area contributed by atoms with E-state index >= 15 is 0 Å². The van der Waals surface area contributed by atoms with E-state index in [0.29, 0.717) is 0 Å². The molecule has 0 saturated heterocycles. The fourth-order valence-corrected chi connectivity index (χ4v) is 0. The van der Waals surface area contributed by atoms with Crippen LogP contribution in [-0.4, -0.2) is 79.8 Å². The van der Waals surface area contributed by atoms with Gasteiger partial charge in [0.05, 0.1) is 34.7 Å². The molecule has 6 radical (unpaired) electrons. The first-order valence-corrected chi connectivity index (χ1v) is 3.67. The third-order valence-electron chi connectivity index (χ3n) is 0. The molecule has 5 heavy (non-hydrogen) atoms. The Balaban J connectivity index is -0.00000000167. The van der Waals surface area contributed by atoms with Gasteiger partial charge in [-0.1, -0.05) is 0 Å². The molecule has 0 nitrogen and oxygen atoms in total. The van der Waals surface area contributed by atoms with Gasteiger partial charge >= 0.3 is 27.7 Å². The molecule has 0 aromatic rings. The number of hydrogen-bond acceptors (Lipinski definition) is 0. The topological polar surface area (TPSA) is 0 Å². The summed E-state index contributed by atoms with van der Waals surface area (Å²) >= 11 is 4.22. The van der Waals surface area contributed by atoms with Gasteiger partial charge in [-0.05, 0) is 0 Å². The van der Waals surface area contributed by atoms with Gasteiger partial charge in [0.25, 0.3) is 0 Å². The number of hydrogen-bond donors (Lipinski definition) is 0. The summed E-state index contributed by atoms with van der Waals surface area (Å²) in [5, 5.41) is 0. The Morgan fingerprint density at radius 1 is 1.00 bits per heavy atom. The molecule has 0 rings (SSSR count). The summed E-state index contributed by atoms with van der Waals surface area (Å²) in [5.74, 6) is 0. The molecular weight excluding hydrogens is 135 g/mol. The third-order valence-corrected chi connectivity index (χ3v) is 0. The molecule has 0 heterocycles. The third kappa shape index (κ3) is 20.4. The molecule has 20 valence electrons. The van der Waals surface area contributed by atoms with E-state index in [1.807, 2.05) is 0 Å². The summed E-state index contributed by atoms with van der Waals surface area (Å²) in [6.45, 7) is 0. The Hall–Kier alpha value is 2.66. The molecule has 0 spiro atoms. The monoisotopic (exact) mass is 140 g/mol. The zero-order chi connectivity index (χ0) is 2.00. The van der Waals surface area contributed by atoms with Gasteiger partial charge in [0, 0.05) is 0 Å². The average molecular weight is 140 g/mol. The van der Waals surface area contributed by atoms with Crippen molar-refractivity contribution in [3.63, 3.8) is 0 Å². The molecule has 5 heteroatoms. The Morgan fingerprint density at radius 2 is 1.00 bits per heavy atom. The molecule has 0 aromatic heterocycles. The van der Waals surface area contributed by atoms with E-state index in [1.54, 1.807) is 13.8 Å². The van der Waals surface area contributed by atoms with Gasteiger partial charge in [-0.3, -0.25) is 0 Å². The molecule has 0 atom stereocenters. The molecular formula is H5Al5. The standard InChI is InChI=1S/5Al.5H. The summed E-state index contributed by atoms with van der Waals surface area (Å²) in [7, 11) is 0. The van der Waals surface area contributed by atoms with E-state index in [-0.39, 0.29) is 52.1 Å². The molecule has 0 aliphatic rings. The van der Waals surface area contributed by atoms with Crippen molar-refractivity contribution in [1.82, 2.24) is 0 Å². The second kappa shape index (κ2) is 30.1. The Kier molecular flexibility index (Phi) is 153. The van der Waals surface area contributed by atoms with E-state index in [4.69, 9.17) is 0 Å². The molecule has 0 unspecified atom stereocenters. The van der Waals surface area contributed by atoms with Crippen molar-refractivity contribution in [2.24, 2.45) is 0 Å². The molecule has 0 aliphatic carbocycles. The van der Waals surface area contributed by atoms with Crippen LogP contribution in [0.3, 0.4) is 0 Å². The molecule has 0 aromatic carbocycles. The van der Waals surface area contributed by atoms with E-state index in [0.717, 1.165) is 0 Å². The summed E-state index contributed by atoms with van der Waals surface area (Å²) in [4.78, 5) is 0. The zero-order valence-electron chi connectivity index (χ0n) is 3.70. The van der Waals surface area contributed by atoms with Crippen LogP contribution in [0.1, 0.15) is 0 Å². The molecule has 0 fully saturated rings. The van der Waals surface area contributed by atoms with Gasteiger partial charge in [0.15, 0.2) is 0 Å². The SMILES string of the molecule is [AlH2].[AlH].[AlH].[Al]=[AlH]. The van der Waals surface area contributed by atoms with Crippen molar-refractivity contribution in [2.75, 3.05) is 0 Å². The quantitative estimate of drug-likeness (QED) is 0.310. The first-order valence-electron chi connectivity index (χ1n) is 0.408. The first kappa shape index (κ1) is 25.4. The summed E-state index contributed by atoms with van der Waals surface area (Å²) in [6.07, 6.45) is 0. The molecule has 0 bridgehead atoms. The predicted octanol–water partition coefficient (Wildman–Crippen LogP) is -3.24. The van der Waals surface area contributed by atoms with Crippen molar-refractivity contribution in [1.29, 1.82) is 0 Å². The van der Waals surface area contributed by atoms with Crippen LogP contribution in [-0.2, 0) is 0 Å². The van der Waals surface area contributed by atoms with Crippen LogP contribution in [0.5, 0.6) is 0 Å². The van der Waals surface area contributed by atoms with Gasteiger partial charge in [0.1, 0.15) is 17.4 Å². The summed E-state index contributed by atoms with van der Waals surface area (Å²) < 4.78 is 0. The second-order valence-electron chi connectivity index (χ2n) is 0. The van der Waals surface area contributed by atoms with E-state index in [9.17, 15) is 0 Å². The van der Waals surface area contributed by atoms with Crippen molar-refractivity contribution >= 4 is 79.8 Å². The van der Waals surface area contributed by atoms with Gasteiger partial charge in [-0.15, -0.1) is 0 Å². The minimum absolute atomic E-state index is 0. The van der Waals surface area contributed by atoms with Crippen LogP contribution < -0.4 is 0 Å². The fourth-order valence-electron chi connectivity index (χ4n) is 0. The predicted molar refractivity (Wildman–Crippen MR) is 35.7 cm³/mol. The van der Waals surface area contributed by atoms with Gasteiger partial charge in [-0.2, -0.15) is 0 Å². The molecule has 0 aliphatic heterocycles. The normalized spacial score (nSPS) is 0.400. The summed E-state index contributed by atoms with van der Waals surface area (Å²) in [6, 6.07) is 0. The van der Waals surface area contributed by atoms with Crippen LogP contribution in [0.2, 0.25) is 0 Å². The summed E-state index contributed by atoms with van der Waals surface area (Å²) in [5.41, 5.74) is 0. The molecule has 0 amide bonds. The van der Waals surface area contributed by atoms with Crippen LogP contribution in [0.15, 0.2) is 0 Å².